The van der Waals surface area contributed by atoms with Crippen molar-refractivity contribution in [3.63, 3.8) is 0 Å². The number of nitrogens with one attached hydrogen (secondary N) is 1. The molecule has 0 radical (unpaired) electrons. The molecule has 2 rings (SSSR count). The maximum Gasteiger partial charge on any atom is 0.453 e. The fraction of sp³-hybridized carbons (Fsp3) is 0.0909. The van der Waals surface area contributed by atoms with Gasteiger partial charge in [-0.1, -0.05) is 24.3 Å². The summed E-state index contributed by atoms with van der Waals surface area (Å²) >= 11 is 4.64. The number of H-pyrrole nitrogens is 1. The molecule has 0 amide bonds. The van der Waals surface area contributed by atoms with Crippen molar-refractivity contribution < 1.29 is 23.1 Å². The lowest BCUT2D eigenvalue weighted by molar-refractivity contribution is -0.255. The molecule has 0 aliphatic heterocycles. The molecule has 1 aromatic heterocycles. The van der Waals surface area contributed by atoms with Crippen LogP contribution in [-0.4, -0.2) is 27.1 Å². The minimum absolute atomic E-state index is 0.0775. The molecule has 0 saturated carbocycles. The number of nitrogens with zero attached hydrogens (tertiary/aromatic N) is 3. The molecule has 110 valence electrons. The largest absolute Gasteiger partial charge is 0.545 e. The Morgan fingerprint density at radius 1 is 1.43 bits per heavy atom. The topological polar surface area (TPSA) is 86.1 Å². The van der Waals surface area contributed by atoms with Crippen LogP contribution < -0.4 is 5.11 Å². The number of hydrogen-bond donors (Lipinski definition) is 1. The fourth-order valence-corrected chi connectivity index (χ4v) is 1.68. The summed E-state index contributed by atoms with van der Waals surface area (Å²) in [5.74, 6) is -2.81. The lowest BCUT2D eigenvalue weighted by atomic mass is 10.1. The summed E-state index contributed by atoms with van der Waals surface area (Å²) in [4.78, 5) is 10.9. The zero-order valence-corrected chi connectivity index (χ0v) is 10.9. The first-order chi connectivity index (χ1) is 9.80. The van der Waals surface area contributed by atoms with E-state index in [0.717, 1.165) is 6.21 Å². The fourth-order valence-electron chi connectivity index (χ4n) is 1.50. The molecule has 0 unspecified atom stereocenters. The van der Waals surface area contributed by atoms with Gasteiger partial charge in [-0.15, -0.1) is 5.10 Å². The molecule has 6 nitrogen and oxygen atoms in total. The lowest BCUT2D eigenvalue weighted by Gasteiger charge is -2.06. The van der Waals surface area contributed by atoms with Gasteiger partial charge in [0.05, 0.1) is 12.2 Å². The number of carboxylic acids is 1. The van der Waals surface area contributed by atoms with E-state index < -0.39 is 18.0 Å². The highest BCUT2D eigenvalue weighted by molar-refractivity contribution is 7.71. The van der Waals surface area contributed by atoms with Gasteiger partial charge in [-0.25, -0.2) is 5.10 Å². The first-order valence-electron chi connectivity index (χ1n) is 5.40. The van der Waals surface area contributed by atoms with E-state index in [1.54, 1.807) is 0 Å². The second-order valence-electron chi connectivity index (χ2n) is 3.78. The molecule has 1 heterocycles. The zero-order chi connectivity index (χ0) is 15.6. The van der Waals surface area contributed by atoms with Crippen LogP contribution in [0.3, 0.4) is 0 Å². The standard InChI is InChI=1S/C11H7F3N4O2S/c12-11(13,14)9-16-17-10(21)18(9)15-5-6-3-1-2-4-7(6)8(19)20/h1-5H,(H,17,21)(H,19,20)/p-1. The van der Waals surface area contributed by atoms with Crippen LogP contribution in [0.25, 0.3) is 0 Å². The smallest absolute Gasteiger partial charge is 0.453 e. The number of aromatic nitrogens is 3. The molecular weight excluding hydrogens is 309 g/mol. The summed E-state index contributed by atoms with van der Waals surface area (Å²) in [6.45, 7) is 0. The van der Waals surface area contributed by atoms with Crippen molar-refractivity contribution in [1.29, 1.82) is 0 Å². The SMILES string of the molecule is O=C([O-])c1ccccc1C=Nn1c(C(F)(F)F)n[nH]c1=S. The number of alkyl halides is 3. The van der Waals surface area contributed by atoms with Crippen molar-refractivity contribution in [3.05, 3.63) is 46.0 Å². The Morgan fingerprint density at radius 2 is 2.10 bits per heavy atom. The molecule has 10 heteroatoms. The Morgan fingerprint density at radius 3 is 2.71 bits per heavy atom. The van der Waals surface area contributed by atoms with Gasteiger partial charge in [0.1, 0.15) is 0 Å². The second kappa shape index (κ2) is 5.48. The summed E-state index contributed by atoms with van der Waals surface area (Å²) in [6.07, 6.45) is -3.82. The van der Waals surface area contributed by atoms with E-state index in [0.29, 0.717) is 4.68 Å². The number of aromatic amines is 1. The van der Waals surface area contributed by atoms with E-state index in [9.17, 15) is 23.1 Å². The third kappa shape index (κ3) is 3.16. The first-order valence-corrected chi connectivity index (χ1v) is 5.81. The highest BCUT2D eigenvalue weighted by atomic mass is 32.1. The molecule has 0 atom stereocenters. The third-order valence-electron chi connectivity index (χ3n) is 2.40. The molecule has 0 aliphatic rings. The molecule has 0 spiro atoms. The monoisotopic (exact) mass is 315 g/mol. The lowest BCUT2D eigenvalue weighted by Crippen LogP contribution is -2.23. The number of benzene rings is 1. The summed E-state index contributed by atoms with van der Waals surface area (Å²) in [5.41, 5.74) is -0.126. The van der Waals surface area contributed by atoms with Gasteiger partial charge in [0.15, 0.2) is 0 Å². The van der Waals surface area contributed by atoms with Crippen LogP contribution in [0, 0.1) is 4.77 Å². The van der Waals surface area contributed by atoms with E-state index in [1.807, 2.05) is 5.10 Å². The minimum Gasteiger partial charge on any atom is -0.545 e. The number of hydrogen-bond acceptors (Lipinski definition) is 5. The van der Waals surface area contributed by atoms with Gasteiger partial charge in [0, 0.05) is 11.1 Å². The van der Waals surface area contributed by atoms with Gasteiger partial charge in [0.25, 0.3) is 5.82 Å². The predicted molar refractivity (Wildman–Crippen MR) is 66.2 cm³/mol. The Bertz CT molecular complexity index is 763. The Kier molecular flexibility index (Phi) is 3.89. The Balaban J connectivity index is 2.47. The average molecular weight is 315 g/mol. The minimum atomic E-state index is -4.75. The number of carbonyl (C=O) groups is 1. The van der Waals surface area contributed by atoms with E-state index in [-0.39, 0.29) is 15.9 Å². The number of carbonyl (C=O) groups excluding carboxylic acids is 1. The van der Waals surface area contributed by atoms with Crippen molar-refractivity contribution in [1.82, 2.24) is 14.9 Å². The Labute approximate surface area is 120 Å². The molecule has 0 aliphatic carbocycles. The van der Waals surface area contributed by atoms with Gasteiger partial charge in [0.2, 0.25) is 4.77 Å². The van der Waals surface area contributed by atoms with E-state index >= 15 is 0 Å². The molecule has 0 bridgehead atoms. The molecule has 1 N–H and O–H groups in total. The van der Waals surface area contributed by atoms with Crippen LogP contribution >= 0.6 is 12.2 Å². The summed E-state index contributed by atoms with van der Waals surface area (Å²) in [7, 11) is 0. The molecule has 2 aromatic rings. The van der Waals surface area contributed by atoms with Crippen LogP contribution in [0.4, 0.5) is 13.2 Å². The highest BCUT2D eigenvalue weighted by Crippen LogP contribution is 2.27. The summed E-state index contributed by atoms with van der Waals surface area (Å²) in [6, 6.07) is 5.57. The predicted octanol–water partition coefficient (Wildman–Crippen LogP) is 1.21. The van der Waals surface area contributed by atoms with Crippen LogP contribution in [0.15, 0.2) is 29.4 Å². The molecule has 0 saturated heterocycles. The van der Waals surface area contributed by atoms with Gasteiger partial charge in [-0.2, -0.15) is 22.9 Å². The molecule has 0 fully saturated rings. The van der Waals surface area contributed by atoms with Gasteiger partial charge >= 0.3 is 6.18 Å². The first kappa shape index (κ1) is 14.9. The zero-order valence-electron chi connectivity index (χ0n) is 10.1. The summed E-state index contributed by atoms with van der Waals surface area (Å²) in [5, 5.41) is 19.4. The average Bonchev–Trinajstić information content (AvgIpc) is 2.77. The third-order valence-corrected chi connectivity index (χ3v) is 2.66. The maximum atomic E-state index is 12.7. The second-order valence-corrected chi connectivity index (χ2v) is 4.17. The summed E-state index contributed by atoms with van der Waals surface area (Å²) < 4.78 is 38.0. The quantitative estimate of drug-likeness (QED) is 0.681. The van der Waals surface area contributed by atoms with Gasteiger partial charge < -0.3 is 9.90 Å². The van der Waals surface area contributed by atoms with E-state index in [4.69, 9.17) is 0 Å². The molecule has 1 aromatic carbocycles. The maximum absolute atomic E-state index is 12.7. The van der Waals surface area contributed by atoms with Crippen LogP contribution in [0.1, 0.15) is 21.7 Å². The number of rotatable bonds is 3. The van der Waals surface area contributed by atoms with Gasteiger partial charge in [-0.05, 0) is 12.2 Å². The highest BCUT2D eigenvalue weighted by Gasteiger charge is 2.37. The number of carboxylic acid groups (broad SMARTS) is 1. The van der Waals surface area contributed by atoms with Crippen molar-refractivity contribution in [2.75, 3.05) is 0 Å². The van der Waals surface area contributed by atoms with Crippen molar-refractivity contribution in [2.24, 2.45) is 5.10 Å². The molecule has 21 heavy (non-hydrogen) atoms. The van der Waals surface area contributed by atoms with Crippen molar-refractivity contribution in [3.8, 4) is 0 Å². The van der Waals surface area contributed by atoms with E-state index in [2.05, 4.69) is 22.4 Å². The van der Waals surface area contributed by atoms with Crippen LogP contribution in [0.5, 0.6) is 0 Å². The normalized spacial score (nSPS) is 12.0. The number of aromatic carboxylic acids is 1. The Hall–Kier alpha value is -2.49. The van der Waals surface area contributed by atoms with Crippen molar-refractivity contribution >= 4 is 24.4 Å². The van der Waals surface area contributed by atoms with Crippen LogP contribution in [-0.2, 0) is 6.18 Å². The van der Waals surface area contributed by atoms with Gasteiger partial charge in [-0.3, -0.25) is 0 Å². The molecular formula is C11H6F3N4O2S-. The van der Waals surface area contributed by atoms with E-state index in [1.165, 1.54) is 24.3 Å². The number of halogens is 3. The van der Waals surface area contributed by atoms with Crippen LogP contribution in [0.2, 0.25) is 0 Å². The van der Waals surface area contributed by atoms with Crippen molar-refractivity contribution in [2.45, 2.75) is 6.18 Å².